The molecule has 0 saturated heterocycles. The minimum atomic E-state index is -0.435. The zero-order valence-electron chi connectivity index (χ0n) is 13.6. The van der Waals surface area contributed by atoms with Gasteiger partial charge in [0.2, 0.25) is 0 Å². The molecule has 0 spiro atoms. The predicted octanol–water partition coefficient (Wildman–Crippen LogP) is 3.10. The van der Waals surface area contributed by atoms with Crippen LogP contribution >= 0.6 is 0 Å². The predicted molar refractivity (Wildman–Crippen MR) is 79.4 cm³/mol. The van der Waals surface area contributed by atoms with Gasteiger partial charge in [0, 0.05) is 18.6 Å². The van der Waals surface area contributed by atoms with Crippen LogP contribution in [-0.4, -0.2) is 42.0 Å². The van der Waals surface area contributed by atoms with E-state index in [-0.39, 0.29) is 12.1 Å². The second-order valence-corrected chi connectivity index (χ2v) is 6.30. The summed E-state index contributed by atoms with van der Waals surface area (Å²) in [4.78, 5) is 17.4. The summed E-state index contributed by atoms with van der Waals surface area (Å²) in [5.74, 6) is 0. The van der Waals surface area contributed by atoms with Gasteiger partial charge in [0.25, 0.3) is 0 Å². The third-order valence-corrected chi connectivity index (χ3v) is 3.43. The first-order chi connectivity index (χ1) is 9.35. The largest absolute Gasteiger partial charge is 0.444 e. The number of nitrogens with zero attached hydrogens (tertiary/aromatic N) is 1. The molecule has 1 aliphatic rings. The number of ether oxygens (including phenoxy) is 1. The third-order valence-electron chi connectivity index (χ3n) is 3.43. The molecular formula is C15H30N2O3. The monoisotopic (exact) mass is 286 g/mol. The highest BCUT2D eigenvalue weighted by Crippen LogP contribution is 2.23. The average molecular weight is 286 g/mol. The summed E-state index contributed by atoms with van der Waals surface area (Å²) in [6.45, 7) is 11.4. The van der Waals surface area contributed by atoms with E-state index in [1.54, 1.807) is 0 Å². The molecule has 0 aliphatic heterocycles. The zero-order chi connectivity index (χ0) is 15.2. The van der Waals surface area contributed by atoms with Gasteiger partial charge in [-0.2, -0.15) is 5.06 Å². The van der Waals surface area contributed by atoms with E-state index in [1.807, 2.05) is 27.7 Å². The highest BCUT2D eigenvalue weighted by molar-refractivity contribution is 5.68. The summed E-state index contributed by atoms with van der Waals surface area (Å²) in [7, 11) is 0. The molecule has 1 N–H and O–H groups in total. The first-order valence-corrected chi connectivity index (χ1v) is 7.74. The average Bonchev–Trinajstić information content (AvgIpc) is 2.34. The molecule has 0 aromatic carbocycles. The fourth-order valence-corrected chi connectivity index (χ4v) is 2.60. The Hall–Kier alpha value is -0.810. The number of alkyl carbamates (subject to hydrolysis) is 1. The van der Waals surface area contributed by atoms with Gasteiger partial charge in [-0.3, -0.25) is 4.84 Å². The van der Waals surface area contributed by atoms with Crippen molar-refractivity contribution in [2.75, 3.05) is 13.2 Å². The fraction of sp³-hybridized carbons (Fsp3) is 0.933. The van der Waals surface area contributed by atoms with Crippen LogP contribution in [0.1, 0.15) is 60.3 Å². The van der Waals surface area contributed by atoms with Gasteiger partial charge in [-0.15, -0.1) is 0 Å². The van der Waals surface area contributed by atoms with Crippen molar-refractivity contribution >= 4 is 6.09 Å². The molecule has 0 bridgehead atoms. The molecule has 5 nitrogen and oxygen atoms in total. The summed E-state index contributed by atoms with van der Waals surface area (Å²) in [6, 6.07) is 0.693. The molecule has 1 saturated carbocycles. The molecule has 5 heteroatoms. The molecule has 20 heavy (non-hydrogen) atoms. The third kappa shape index (κ3) is 6.09. The second-order valence-electron chi connectivity index (χ2n) is 6.30. The summed E-state index contributed by atoms with van der Waals surface area (Å²) in [5.41, 5.74) is -0.435. The number of amides is 1. The number of hydrogen-bond acceptors (Lipinski definition) is 4. The van der Waals surface area contributed by atoms with Gasteiger partial charge in [-0.25, -0.2) is 4.79 Å². The van der Waals surface area contributed by atoms with E-state index in [0.717, 1.165) is 32.2 Å². The Balaban J connectivity index is 2.33. The maximum Gasteiger partial charge on any atom is 0.407 e. The minimum absolute atomic E-state index is 0.224. The smallest absolute Gasteiger partial charge is 0.407 e. The second kappa shape index (κ2) is 7.84. The van der Waals surface area contributed by atoms with Crippen LogP contribution in [0.4, 0.5) is 4.79 Å². The topological polar surface area (TPSA) is 50.8 Å². The van der Waals surface area contributed by atoms with E-state index >= 15 is 0 Å². The summed E-state index contributed by atoms with van der Waals surface area (Å²) in [5, 5.41) is 5.04. The summed E-state index contributed by atoms with van der Waals surface area (Å²) < 4.78 is 5.29. The quantitative estimate of drug-likeness (QED) is 0.789. The molecule has 0 heterocycles. The van der Waals surface area contributed by atoms with Crippen LogP contribution in [0.2, 0.25) is 0 Å². The van der Waals surface area contributed by atoms with Crippen LogP contribution in [0, 0.1) is 0 Å². The Labute approximate surface area is 122 Å². The van der Waals surface area contributed by atoms with Crippen molar-refractivity contribution in [2.24, 2.45) is 0 Å². The Bertz CT molecular complexity index is 294. The lowest BCUT2D eigenvalue weighted by atomic mass is 9.91. The maximum absolute atomic E-state index is 11.7. The summed E-state index contributed by atoms with van der Waals surface area (Å²) in [6.07, 6.45) is 3.75. The lowest BCUT2D eigenvalue weighted by molar-refractivity contribution is -0.186. The van der Waals surface area contributed by atoms with E-state index in [0.29, 0.717) is 12.6 Å². The number of nitrogens with one attached hydrogen (secondary N) is 1. The number of hydroxylamine groups is 2. The SMILES string of the molecule is CCON(CC)C1CCC(NC(=O)OC(C)(C)C)CC1. The van der Waals surface area contributed by atoms with Gasteiger partial charge in [0.1, 0.15) is 5.60 Å². The van der Waals surface area contributed by atoms with Crippen molar-refractivity contribution in [3.63, 3.8) is 0 Å². The Morgan fingerprint density at radius 2 is 1.80 bits per heavy atom. The Morgan fingerprint density at radius 1 is 1.20 bits per heavy atom. The fourth-order valence-electron chi connectivity index (χ4n) is 2.60. The van der Waals surface area contributed by atoms with Crippen LogP contribution in [-0.2, 0) is 9.57 Å². The Kier molecular flexibility index (Phi) is 6.76. The highest BCUT2D eigenvalue weighted by Gasteiger charge is 2.27. The molecule has 0 aromatic heterocycles. The minimum Gasteiger partial charge on any atom is -0.444 e. The molecule has 0 unspecified atom stereocenters. The number of rotatable bonds is 5. The number of hydrogen-bond donors (Lipinski definition) is 1. The van der Waals surface area contributed by atoms with E-state index in [2.05, 4.69) is 17.3 Å². The maximum atomic E-state index is 11.7. The van der Waals surface area contributed by atoms with Gasteiger partial charge < -0.3 is 10.1 Å². The van der Waals surface area contributed by atoms with Gasteiger partial charge in [-0.1, -0.05) is 6.92 Å². The van der Waals surface area contributed by atoms with Crippen LogP contribution in [0.25, 0.3) is 0 Å². The molecule has 0 atom stereocenters. The molecule has 118 valence electrons. The molecular weight excluding hydrogens is 256 g/mol. The first-order valence-electron chi connectivity index (χ1n) is 7.74. The molecule has 0 aromatic rings. The van der Waals surface area contributed by atoms with E-state index < -0.39 is 5.60 Å². The van der Waals surface area contributed by atoms with E-state index in [1.165, 1.54) is 0 Å². The van der Waals surface area contributed by atoms with Gasteiger partial charge in [0.15, 0.2) is 0 Å². The Morgan fingerprint density at radius 3 is 2.25 bits per heavy atom. The molecule has 1 fully saturated rings. The first kappa shape index (κ1) is 17.2. The zero-order valence-corrected chi connectivity index (χ0v) is 13.6. The van der Waals surface area contributed by atoms with Crippen LogP contribution in [0.15, 0.2) is 0 Å². The molecule has 1 aliphatic carbocycles. The van der Waals surface area contributed by atoms with E-state index in [4.69, 9.17) is 9.57 Å². The van der Waals surface area contributed by atoms with Crippen LogP contribution in [0.3, 0.4) is 0 Å². The molecule has 1 amide bonds. The van der Waals surface area contributed by atoms with E-state index in [9.17, 15) is 4.79 Å². The van der Waals surface area contributed by atoms with Gasteiger partial charge in [0.05, 0.1) is 6.61 Å². The lowest BCUT2D eigenvalue weighted by Gasteiger charge is -2.35. The van der Waals surface area contributed by atoms with Crippen LogP contribution in [0.5, 0.6) is 0 Å². The van der Waals surface area contributed by atoms with Gasteiger partial charge >= 0.3 is 6.09 Å². The van der Waals surface area contributed by atoms with Gasteiger partial charge in [-0.05, 0) is 53.4 Å². The van der Waals surface area contributed by atoms with Crippen molar-refractivity contribution in [3.8, 4) is 0 Å². The lowest BCUT2D eigenvalue weighted by Crippen LogP contribution is -2.45. The van der Waals surface area contributed by atoms with Crippen molar-refractivity contribution in [3.05, 3.63) is 0 Å². The number of carbonyl (C=O) groups excluding carboxylic acids is 1. The normalized spacial score (nSPS) is 23.7. The number of carbonyl (C=O) groups is 1. The van der Waals surface area contributed by atoms with Crippen molar-refractivity contribution in [1.82, 2.24) is 10.4 Å². The summed E-state index contributed by atoms with van der Waals surface area (Å²) >= 11 is 0. The highest BCUT2D eigenvalue weighted by atomic mass is 16.7. The standard InChI is InChI=1S/C15H30N2O3/c1-6-17(19-7-2)13-10-8-12(9-11-13)16-14(18)20-15(3,4)5/h12-13H,6-11H2,1-5H3,(H,16,18). The molecule has 0 radical (unpaired) electrons. The van der Waals surface area contributed by atoms with Crippen molar-refractivity contribution in [1.29, 1.82) is 0 Å². The molecule has 1 rings (SSSR count). The van der Waals surface area contributed by atoms with Crippen molar-refractivity contribution < 1.29 is 14.4 Å². The van der Waals surface area contributed by atoms with Crippen molar-refractivity contribution in [2.45, 2.75) is 78.0 Å². The van der Waals surface area contributed by atoms with Crippen LogP contribution < -0.4 is 5.32 Å².